The summed E-state index contributed by atoms with van der Waals surface area (Å²) in [5.74, 6) is 0.275. The lowest BCUT2D eigenvalue weighted by Gasteiger charge is -2.22. The Labute approximate surface area is 124 Å². The zero-order chi connectivity index (χ0) is 15.3. The van der Waals surface area contributed by atoms with Gasteiger partial charge in [-0.3, -0.25) is 9.78 Å². The maximum absolute atomic E-state index is 11.7. The largest absolute Gasteiger partial charge is 0.491 e. The number of nitrogens with zero attached hydrogens (tertiary/aromatic N) is 1. The van der Waals surface area contributed by atoms with E-state index in [0.717, 1.165) is 10.9 Å². The molecule has 0 fully saturated rings. The van der Waals surface area contributed by atoms with Crippen LogP contribution in [0.3, 0.4) is 0 Å². The maximum atomic E-state index is 11.7. The van der Waals surface area contributed by atoms with Gasteiger partial charge in [0.05, 0.1) is 13.2 Å². The highest BCUT2D eigenvalue weighted by molar-refractivity contribution is 5.84. The van der Waals surface area contributed by atoms with Gasteiger partial charge in [0, 0.05) is 18.0 Å². The number of para-hydroxylation sites is 1. The average Bonchev–Trinajstić information content (AvgIpc) is 2.47. The van der Waals surface area contributed by atoms with Crippen LogP contribution < -0.4 is 10.5 Å². The van der Waals surface area contributed by atoms with Crippen LogP contribution >= 0.6 is 0 Å². The van der Waals surface area contributed by atoms with Gasteiger partial charge in [-0.2, -0.15) is 0 Å². The number of benzene rings is 1. The molecule has 0 aliphatic heterocycles. The first-order valence-electron chi connectivity index (χ1n) is 6.97. The summed E-state index contributed by atoms with van der Waals surface area (Å²) in [7, 11) is 0. The van der Waals surface area contributed by atoms with E-state index in [1.54, 1.807) is 20.0 Å². The Balaban J connectivity index is 2.01. The van der Waals surface area contributed by atoms with Gasteiger partial charge >= 0.3 is 5.97 Å². The van der Waals surface area contributed by atoms with Crippen molar-refractivity contribution < 1.29 is 14.3 Å². The van der Waals surface area contributed by atoms with Crippen molar-refractivity contribution in [2.24, 2.45) is 5.73 Å². The van der Waals surface area contributed by atoms with E-state index in [1.165, 1.54) is 0 Å². The lowest BCUT2D eigenvalue weighted by Crippen LogP contribution is -2.47. The van der Waals surface area contributed by atoms with Crippen LogP contribution in [-0.4, -0.2) is 29.7 Å². The third-order valence-electron chi connectivity index (χ3n) is 3.22. The van der Waals surface area contributed by atoms with Gasteiger partial charge in [-0.1, -0.05) is 18.2 Å². The third-order valence-corrected chi connectivity index (χ3v) is 3.22. The van der Waals surface area contributed by atoms with Gasteiger partial charge in [0.1, 0.15) is 16.8 Å². The van der Waals surface area contributed by atoms with Crippen molar-refractivity contribution in [1.29, 1.82) is 0 Å². The van der Waals surface area contributed by atoms with E-state index in [-0.39, 0.29) is 0 Å². The molecule has 1 unspecified atom stereocenters. The van der Waals surface area contributed by atoms with Crippen LogP contribution in [0.1, 0.15) is 20.3 Å². The summed E-state index contributed by atoms with van der Waals surface area (Å²) in [5.41, 5.74) is 5.71. The number of hydrogen-bond acceptors (Lipinski definition) is 5. The van der Waals surface area contributed by atoms with E-state index in [9.17, 15) is 4.79 Å². The van der Waals surface area contributed by atoms with Crippen molar-refractivity contribution in [2.45, 2.75) is 25.8 Å². The van der Waals surface area contributed by atoms with Gasteiger partial charge in [-0.05, 0) is 26.0 Å². The summed E-state index contributed by atoms with van der Waals surface area (Å²) in [6.45, 7) is 4.04. The van der Waals surface area contributed by atoms with Gasteiger partial charge in [0.15, 0.2) is 0 Å². The summed E-state index contributed by atoms with van der Waals surface area (Å²) in [4.78, 5) is 16.0. The molecule has 2 aromatic rings. The minimum absolute atomic E-state index is 0.319. The number of hydrogen-bond donors (Lipinski definition) is 1. The van der Waals surface area contributed by atoms with Gasteiger partial charge in [0.2, 0.25) is 0 Å². The van der Waals surface area contributed by atoms with Gasteiger partial charge in [-0.15, -0.1) is 0 Å². The number of carbonyl (C=O) groups excluding carboxylic acids is 1. The summed E-state index contributed by atoms with van der Waals surface area (Å²) >= 11 is 0. The Morgan fingerprint density at radius 1 is 1.33 bits per heavy atom. The molecular weight excluding hydrogens is 268 g/mol. The topological polar surface area (TPSA) is 74.4 Å². The number of esters is 1. The highest BCUT2D eigenvalue weighted by atomic mass is 16.5. The van der Waals surface area contributed by atoms with Gasteiger partial charge < -0.3 is 15.2 Å². The number of rotatable bonds is 6. The van der Waals surface area contributed by atoms with E-state index >= 15 is 0 Å². The highest BCUT2D eigenvalue weighted by Crippen LogP contribution is 2.23. The molecule has 0 saturated carbocycles. The van der Waals surface area contributed by atoms with Crippen LogP contribution in [0.25, 0.3) is 10.9 Å². The van der Waals surface area contributed by atoms with E-state index in [4.69, 9.17) is 15.2 Å². The van der Waals surface area contributed by atoms with E-state index < -0.39 is 11.5 Å². The predicted octanol–water partition coefficient (Wildman–Crippen LogP) is 2.28. The van der Waals surface area contributed by atoms with E-state index in [1.807, 2.05) is 30.3 Å². The quantitative estimate of drug-likeness (QED) is 0.825. The average molecular weight is 288 g/mol. The minimum Gasteiger partial charge on any atom is -0.491 e. The molecule has 0 amide bonds. The van der Waals surface area contributed by atoms with Crippen molar-refractivity contribution in [2.75, 3.05) is 13.2 Å². The second-order valence-electron chi connectivity index (χ2n) is 5.07. The Morgan fingerprint density at radius 2 is 2.10 bits per heavy atom. The van der Waals surface area contributed by atoms with Crippen molar-refractivity contribution >= 4 is 16.9 Å². The number of carbonyl (C=O) groups is 1. The number of ether oxygens (including phenoxy) is 2. The monoisotopic (exact) mass is 288 g/mol. The number of nitrogens with two attached hydrogens (primary N) is 1. The molecule has 112 valence electrons. The van der Waals surface area contributed by atoms with Crippen LogP contribution in [0, 0.1) is 0 Å². The Kier molecular flexibility index (Phi) is 4.75. The predicted molar refractivity (Wildman–Crippen MR) is 81.1 cm³/mol. The van der Waals surface area contributed by atoms with Crippen LogP contribution in [0.15, 0.2) is 36.5 Å². The molecule has 0 aliphatic carbocycles. The Bertz CT molecular complexity index is 620. The van der Waals surface area contributed by atoms with Crippen molar-refractivity contribution in [3.8, 4) is 5.75 Å². The minimum atomic E-state index is -1.05. The van der Waals surface area contributed by atoms with Crippen LogP contribution in [0.5, 0.6) is 5.75 Å². The smallest absolute Gasteiger partial charge is 0.325 e. The molecular formula is C16H20N2O3. The highest BCUT2D eigenvalue weighted by Gasteiger charge is 2.29. The molecule has 1 heterocycles. The molecule has 2 N–H and O–H groups in total. The molecule has 1 atom stereocenters. The summed E-state index contributed by atoms with van der Waals surface area (Å²) in [5, 5.41) is 1.01. The lowest BCUT2D eigenvalue weighted by molar-refractivity contribution is -0.149. The number of pyridine rings is 1. The van der Waals surface area contributed by atoms with Crippen LogP contribution in [0.2, 0.25) is 0 Å². The first-order valence-corrected chi connectivity index (χ1v) is 6.97. The summed E-state index contributed by atoms with van der Waals surface area (Å²) in [6.07, 6.45) is 2.09. The standard InChI is InChI=1S/C16H20N2O3/c1-3-20-15(19)16(2,17)9-11-21-13-8-4-6-12-7-5-10-18-14(12)13/h4-8,10H,3,9,11,17H2,1-2H3. The first-order chi connectivity index (χ1) is 10.0. The molecule has 1 aromatic carbocycles. The zero-order valence-electron chi connectivity index (χ0n) is 12.3. The molecule has 1 aromatic heterocycles. The fraction of sp³-hybridized carbons (Fsp3) is 0.375. The molecule has 0 radical (unpaired) electrons. The van der Waals surface area contributed by atoms with Gasteiger partial charge in [-0.25, -0.2) is 0 Å². The van der Waals surface area contributed by atoms with E-state index in [0.29, 0.717) is 25.4 Å². The second-order valence-corrected chi connectivity index (χ2v) is 5.07. The van der Waals surface area contributed by atoms with E-state index in [2.05, 4.69) is 4.98 Å². The fourth-order valence-electron chi connectivity index (χ4n) is 1.96. The van der Waals surface area contributed by atoms with Crippen molar-refractivity contribution in [1.82, 2.24) is 4.98 Å². The molecule has 0 spiro atoms. The van der Waals surface area contributed by atoms with Crippen molar-refractivity contribution in [3.63, 3.8) is 0 Å². The Morgan fingerprint density at radius 3 is 2.86 bits per heavy atom. The van der Waals surface area contributed by atoms with Crippen molar-refractivity contribution in [3.05, 3.63) is 36.5 Å². The molecule has 0 saturated heterocycles. The normalized spacial score (nSPS) is 13.7. The number of fused-ring (bicyclic) bond motifs is 1. The fourth-order valence-corrected chi connectivity index (χ4v) is 1.96. The zero-order valence-corrected chi connectivity index (χ0v) is 12.3. The molecule has 0 aliphatic rings. The molecule has 2 rings (SSSR count). The van der Waals surface area contributed by atoms with Crippen LogP contribution in [0.4, 0.5) is 0 Å². The SMILES string of the molecule is CCOC(=O)C(C)(N)CCOc1cccc2cccnc12. The number of aromatic nitrogens is 1. The Hall–Kier alpha value is -2.14. The van der Waals surface area contributed by atoms with Gasteiger partial charge in [0.25, 0.3) is 0 Å². The van der Waals surface area contributed by atoms with Crippen LogP contribution in [-0.2, 0) is 9.53 Å². The third kappa shape index (κ3) is 3.70. The molecule has 5 heteroatoms. The summed E-state index contributed by atoms with van der Waals surface area (Å²) in [6, 6.07) is 9.59. The molecule has 21 heavy (non-hydrogen) atoms. The first kappa shape index (κ1) is 15.3. The lowest BCUT2D eigenvalue weighted by atomic mass is 10.0. The molecule has 0 bridgehead atoms. The summed E-state index contributed by atoms with van der Waals surface area (Å²) < 4.78 is 10.7. The molecule has 5 nitrogen and oxygen atoms in total. The maximum Gasteiger partial charge on any atom is 0.325 e. The second kappa shape index (κ2) is 6.54.